The van der Waals surface area contributed by atoms with Gasteiger partial charge in [-0.25, -0.2) is 4.79 Å². The number of aldehydes is 1. The first kappa shape index (κ1) is 29.3. The molecule has 0 aliphatic heterocycles. The number of carboxylic acid groups (broad SMARTS) is 1. The fraction of sp³-hybridized carbons (Fsp3) is 0.480. The van der Waals surface area contributed by atoms with Crippen molar-refractivity contribution in [2.75, 3.05) is 0 Å². The van der Waals surface area contributed by atoms with Crippen molar-refractivity contribution in [3.05, 3.63) is 48.0 Å². The van der Waals surface area contributed by atoms with E-state index < -0.39 is 48.4 Å². The predicted molar refractivity (Wildman–Crippen MR) is 129 cm³/mol. The number of amides is 3. The third-order valence-corrected chi connectivity index (χ3v) is 5.22. The maximum atomic E-state index is 13.0. The van der Waals surface area contributed by atoms with Gasteiger partial charge in [0, 0.05) is 6.42 Å². The van der Waals surface area contributed by atoms with E-state index in [0.717, 1.165) is 5.56 Å². The maximum absolute atomic E-state index is 13.0. The van der Waals surface area contributed by atoms with Crippen LogP contribution in [0, 0.1) is 5.92 Å². The van der Waals surface area contributed by atoms with Gasteiger partial charge in [-0.2, -0.15) is 0 Å². The maximum Gasteiger partial charge on any atom is 0.408 e. The van der Waals surface area contributed by atoms with Gasteiger partial charge in [0.15, 0.2) is 0 Å². The summed E-state index contributed by atoms with van der Waals surface area (Å²) < 4.78 is 5.13. The van der Waals surface area contributed by atoms with Crippen LogP contribution >= 0.6 is 0 Å². The molecule has 1 rings (SSSR count). The van der Waals surface area contributed by atoms with E-state index in [-0.39, 0.29) is 18.9 Å². The van der Waals surface area contributed by atoms with Crippen LogP contribution in [0.1, 0.15) is 52.0 Å². The smallest absolute Gasteiger partial charge is 0.408 e. The molecule has 1 aromatic rings. The minimum atomic E-state index is -1.28. The van der Waals surface area contributed by atoms with Crippen molar-refractivity contribution < 1.29 is 33.8 Å². The fourth-order valence-electron chi connectivity index (χ4n) is 3.10. The summed E-state index contributed by atoms with van der Waals surface area (Å²) in [6.07, 6.45) is 0.183. The Bertz CT molecular complexity index is 886. The van der Waals surface area contributed by atoms with E-state index in [9.17, 15) is 24.0 Å². The Morgan fingerprint density at radius 1 is 1.03 bits per heavy atom. The van der Waals surface area contributed by atoms with Gasteiger partial charge < -0.3 is 30.6 Å². The lowest BCUT2D eigenvalue weighted by Crippen LogP contribution is -2.56. The van der Waals surface area contributed by atoms with Crippen molar-refractivity contribution >= 4 is 30.2 Å². The van der Waals surface area contributed by atoms with Crippen molar-refractivity contribution in [1.82, 2.24) is 16.0 Å². The first-order valence-electron chi connectivity index (χ1n) is 11.5. The van der Waals surface area contributed by atoms with Crippen LogP contribution < -0.4 is 16.0 Å². The normalized spacial score (nSPS) is 13.1. The molecular formula is C25H35N3O7. The number of hydrogen-bond acceptors (Lipinski definition) is 6. The van der Waals surface area contributed by atoms with Crippen molar-refractivity contribution in [2.24, 2.45) is 5.92 Å². The quantitative estimate of drug-likeness (QED) is 0.218. The molecule has 0 bridgehead atoms. The van der Waals surface area contributed by atoms with Gasteiger partial charge in [-0.05, 0) is 29.9 Å². The highest BCUT2D eigenvalue weighted by Crippen LogP contribution is 2.14. The zero-order chi connectivity index (χ0) is 26.4. The molecule has 0 aromatic heterocycles. The minimum absolute atomic E-state index is 0.0420. The van der Waals surface area contributed by atoms with Crippen LogP contribution in [0.5, 0.6) is 0 Å². The molecule has 4 N–H and O–H groups in total. The third-order valence-electron chi connectivity index (χ3n) is 5.22. The molecule has 35 heavy (non-hydrogen) atoms. The molecule has 0 saturated carbocycles. The summed E-state index contributed by atoms with van der Waals surface area (Å²) in [6.45, 7) is 9.30. The zero-order valence-corrected chi connectivity index (χ0v) is 20.4. The molecule has 1 aromatic carbocycles. The number of carbonyl (C=O) groups is 5. The largest absolute Gasteiger partial charge is 0.481 e. The highest BCUT2D eigenvalue weighted by Gasteiger charge is 2.31. The molecule has 10 nitrogen and oxygen atoms in total. The average molecular weight is 490 g/mol. The van der Waals surface area contributed by atoms with Gasteiger partial charge in [-0.15, -0.1) is 0 Å². The SMILES string of the molecule is C=C(C(C)C)[C@H](NC(=O)[C@H](CCC(=O)O)NC(=O)OCc1ccccc1)C(=O)N[C@H](C=O)CCC. The van der Waals surface area contributed by atoms with Gasteiger partial charge >= 0.3 is 12.1 Å². The number of ether oxygens (including phenoxy) is 1. The molecule has 3 amide bonds. The number of rotatable bonds is 15. The molecule has 0 saturated heterocycles. The van der Waals surface area contributed by atoms with E-state index in [0.29, 0.717) is 24.7 Å². The van der Waals surface area contributed by atoms with Gasteiger partial charge in [-0.1, -0.05) is 64.1 Å². The second-order valence-electron chi connectivity index (χ2n) is 8.40. The van der Waals surface area contributed by atoms with E-state index in [4.69, 9.17) is 9.84 Å². The molecule has 192 valence electrons. The van der Waals surface area contributed by atoms with Gasteiger partial charge in [0.2, 0.25) is 11.8 Å². The molecular weight excluding hydrogens is 454 g/mol. The molecule has 3 atom stereocenters. The Morgan fingerprint density at radius 3 is 2.23 bits per heavy atom. The molecule has 0 radical (unpaired) electrons. The Hall–Kier alpha value is -3.69. The van der Waals surface area contributed by atoms with Crippen LogP contribution in [0.15, 0.2) is 42.5 Å². The van der Waals surface area contributed by atoms with Crippen LogP contribution in [-0.2, 0) is 30.5 Å². The number of aliphatic carboxylic acids is 1. The highest BCUT2D eigenvalue weighted by atomic mass is 16.5. The summed E-state index contributed by atoms with van der Waals surface area (Å²) in [6, 6.07) is 5.71. The van der Waals surface area contributed by atoms with Gasteiger partial charge in [0.05, 0.1) is 6.04 Å². The van der Waals surface area contributed by atoms with Crippen molar-refractivity contribution in [1.29, 1.82) is 0 Å². The Morgan fingerprint density at radius 2 is 1.69 bits per heavy atom. The van der Waals surface area contributed by atoms with Crippen LogP contribution in [0.25, 0.3) is 0 Å². The third kappa shape index (κ3) is 10.9. The van der Waals surface area contributed by atoms with Gasteiger partial charge in [-0.3, -0.25) is 14.4 Å². The van der Waals surface area contributed by atoms with Crippen LogP contribution in [0.4, 0.5) is 4.79 Å². The number of alkyl carbamates (subject to hydrolysis) is 1. The molecule has 10 heteroatoms. The number of carboxylic acids is 1. The Labute approximate surface area is 205 Å². The Balaban J connectivity index is 2.96. The topological polar surface area (TPSA) is 151 Å². The fourth-order valence-corrected chi connectivity index (χ4v) is 3.10. The van der Waals surface area contributed by atoms with Crippen molar-refractivity contribution in [3.63, 3.8) is 0 Å². The first-order chi connectivity index (χ1) is 16.6. The molecule has 0 aliphatic rings. The number of nitrogens with one attached hydrogen (secondary N) is 3. The zero-order valence-electron chi connectivity index (χ0n) is 20.4. The molecule has 0 heterocycles. The molecule has 0 unspecified atom stereocenters. The monoisotopic (exact) mass is 489 g/mol. The number of hydrogen-bond donors (Lipinski definition) is 4. The van der Waals surface area contributed by atoms with E-state index in [1.165, 1.54) is 0 Å². The number of benzene rings is 1. The summed E-state index contributed by atoms with van der Waals surface area (Å²) >= 11 is 0. The van der Waals surface area contributed by atoms with E-state index in [1.54, 1.807) is 38.1 Å². The second kappa shape index (κ2) is 15.3. The molecule has 0 spiro atoms. The summed E-state index contributed by atoms with van der Waals surface area (Å²) in [5, 5.41) is 16.6. The van der Waals surface area contributed by atoms with E-state index in [2.05, 4.69) is 22.5 Å². The summed E-state index contributed by atoms with van der Waals surface area (Å²) in [5.41, 5.74) is 1.12. The second-order valence-corrected chi connectivity index (χ2v) is 8.40. The summed E-state index contributed by atoms with van der Waals surface area (Å²) in [4.78, 5) is 60.6. The predicted octanol–water partition coefficient (Wildman–Crippen LogP) is 2.33. The summed E-state index contributed by atoms with van der Waals surface area (Å²) in [7, 11) is 0. The lowest BCUT2D eigenvalue weighted by atomic mass is 9.95. The van der Waals surface area contributed by atoms with Gasteiger partial charge in [0.25, 0.3) is 0 Å². The Kier molecular flexibility index (Phi) is 12.8. The minimum Gasteiger partial charge on any atom is -0.481 e. The highest BCUT2D eigenvalue weighted by molar-refractivity contribution is 5.94. The summed E-state index contributed by atoms with van der Waals surface area (Å²) in [5.74, 6) is -2.74. The van der Waals surface area contributed by atoms with Crippen molar-refractivity contribution in [3.8, 4) is 0 Å². The van der Waals surface area contributed by atoms with Crippen molar-refractivity contribution in [2.45, 2.75) is 71.2 Å². The lowest BCUT2D eigenvalue weighted by molar-refractivity contribution is -0.137. The van der Waals surface area contributed by atoms with Crippen LogP contribution in [0.2, 0.25) is 0 Å². The van der Waals surface area contributed by atoms with Crippen LogP contribution in [0.3, 0.4) is 0 Å². The van der Waals surface area contributed by atoms with E-state index >= 15 is 0 Å². The van der Waals surface area contributed by atoms with Gasteiger partial charge in [0.1, 0.15) is 25.0 Å². The molecule has 0 aliphatic carbocycles. The first-order valence-corrected chi connectivity index (χ1v) is 11.5. The van der Waals surface area contributed by atoms with Crippen LogP contribution in [-0.4, -0.2) is 53.4 Å². The average Bonchev–Trinajstić information content (AvgIpc) is 2.83. The number of carbonyl (C=O) groups excluding carboxylic acids is 4. The van der Waals surface area contributed by atoms with E-state index in [1.807, 2.05) is 13.0 Å². The molecule has 0 fully saturated rings. The lowest BCUT2D eigenvalue weighted by Gasteiger charge is -2.26. The standard InChI is InChI=1S/C25H35N3O7/c1-5-9-19(14-29)26-24(33)22(17(4)16(2)3)28-23(32)20(12-13-21(30)31)27-25(34)35-15-18-10-7-6-8-11-18/h6-8,10-11,14,16,19-20,22H,4-5,9,12-13,15H2,1-3H3,(H,26,33)(H,27,34)(H,28,32)(H,30,31)/t19-,20-,22-/m0/s1.